The maximum Gasteiger partial charge on any atom is 0.231 e. The molecule has 1 aliphatic heterocycles. The summed E-state index contributed by atoms with van der Waals surface area (Å²) in [7, 11) is 3.57. The molecule has 5 nitrogen and oxygen atoms in total. The van der Waals surface area contributed by atoms with E-state index in [0.29, 0.717) is 22.6 Å². The second-order valence-electron chi connectivity index (χ2n) is 7.56. The molecule has 0 saturated heterocycles. The van der Waals surface area contributed by atoms with Gasteiger partial charge in [0.05, 0.1) is 12.7 Å². The van der Waals surface area contributed by atoms with Crippen LogP contribution in [0.3, 0.4) is 0 Å². The van der Waals surface area contributed by atoms with Crippen LogP contribution < -0.4 is 14.2 Å². The van der Waals surface area contributed by atoms with Gasteiger partial charge < -0.3 is 18.8 Å². The molecule has 32 heavy (non-hydrogen) atoms. The Morgan fingerprint density at radius 1 is 1.06 bits per heavy atom. The molecule has 0 bridgehead atoms. The summed E-state index contributed by atoms with van der Waals surface area (Å²) in [6.07, 6.45) is 3.68. The molecular weight excluding hydrogens is 409 g/mol. The number of methoxy groups -OCH3 is 1. The van der Waals surface area contributed by atoms with Crippen LogP contribution in [0.15, 0.2) is 72.6 Å². The third kappa shape index (κ3) is 3.50. The molecule has 4 aromatic rings. The predicted octanol–water partition coefficient (Wildman–Crippen LogP) is 5.52. The first-order chi connectivity index (χ1) is 15.5. The molecule has 3 aromatic carbocycles. The Kier molecular flexibility index (Phi) is 4.90. The van der Waals surface area contributed by atoms with E-state index in [-0.39, 0.29) is 24.0 Å². The quantitative estimate of drug-likeness (QED) is 0.392. The van der Waals surface area contributed by atoms with Gasteiger partial charge in [0.25, 0.3) is 0 Å². The predicted molar refractivity (Wildman–Crippen MR) is 120 cm³/mol. The number of rotatable bonds is 5. The number of aryl methyl sites for hydroxylation is 1. The second kappa shape index (κ2) is 7.89. The van der Waals surface area contributed by atoms with Crippen molar-refractivity contribution in [2.75, 3.05) is 7.11 Å². The normalized spacial score (nSPS) is 14.0. The Morgan fingerprint density at radius 2 is 1.88 bits per heavy atom. The Bertz CT molecular complexity index is 1390. The monoisotopic (exact) mass is 429 g/mol. The molecule has 5 rings (SSSR count). The van der Waals surface area contributed by atoms with Crippen LogP contribution in [0, 0.1) is 5.82 Å². The number of halogens is 1. The highest BCUT2D eigenvalue weighted by atomic mass is 19.1. The lowest BCUT2D eigenvalue weighted by molar-refractivity contribution is 0.101. The van der Waals surface area contributed by atoms with Crippen LogP contribution in [0.4, 0.5) is 4.39 Å². The number of allylic oxidation sites excluding steroid dienone is 1. The number of fused-ring (bicyclic) bond motifs is 2. The number of carbonyl (C=O) groups is 1. The van der Waals surface area contributed by atoms with E-state index in [1.165, 1.54) is 6.07 Å². The fraction of sp³-hybridized carbons (Fsp3) is 0.115. The minimum Gasteiger partial charge on any atom is -0.497 e. The average molecular weight is 429 g/mol. The van der Waals surface area contributed by atoms with E-state index in [1.54, 1.807) is 49.6 Å². The van der Waals surface area contributed by atoms with Crippen molar-refractivity contribution in [1.82, 2.24) is 4.57 Å². The highest BCUT2D eigenvalue weighted by molar-refractivity contribution is 6.15. The van der Waals surface area contributed by atoms with Crippen LogP contribution in [0.1, 0.15) is 21.5 Å². The van der Waals surface area contributed by atoms with Gasteiger partial charge in [-0.2, -0.15) is 0 Å². The number of hydrogen-bond donors (Lipinski definition) is 0. The molecule has 0 fully saturated rings. The minimum atomic E-state index is -0.322. The van der Waals surface area contributed by atoms with E-state index < -0.39 is 0 Å². The van der Waals surface area contributed by atoms with Gasteiger partial charge in [-0.3, -0.25) is 4.79 Å². The number of ketones is 1. The molecule has 1 aromatic heterocycles. The third-order valence-corrected chi connectivity index (χ3v) is 5.51. The third-order valence-electron chi connectivity index (χ3n) is 5.51. The van der Waals surface area contributed by atoms with E-state index in [4.69, 9.17) is 14.2 Å². The van der Waals surface area contributed by atoms with Crippen molar-refractivity contribution in [2.24, 2.45) is 7.05 Å². The van der Waals surface area contributed by atoms with Crippen molar-refractivity contribution in [2.45, 2.75) is 6.61 Å². The zero-order chi connectivity index (χ0) is 22.2. The topological polar surface area (TPSA) is 49.7 Å². The maximum atomic E-state index is 13.8. The number of carbonyl (C=O) groups excluding carboxylic acids is 1. The fourth-order valence-electron chi connectivity index (χ4n) is 3.82. The zero-order valence-corrected chi connectivity index (χ0v) is 17.6. The number of hydrogen-bond acceptors (Lipinski definition) is 4. The lowest BCUT2D eigenvalue weighted by atomic mass is 10.1. The lowest BCUT2D eigenvalue weighted by Gasteiger charge is -2.08. The molecule has 2 heterocycles. The van der Waals surface area contributed by atoms with Gasteiger partial charge in [-0.05, 0) is 42.5 Å². The van der Waals surface area contributed by atoms with Crippen LogP contribution in [0.2, 0.25) is 0 Å². The smallest absolute Gasteiger partial charge is 0.231 e. The Hall–Kier alpha value is -4.06. The van der Waals surface area contributed by atoms with Gasteiger partial charge in [0, 0.05) is 41.3 Å². The molecule has 0 radical (unpaired) electrons. The Morgan fingerprint density at radius 3 is 2.69 bits per heavy atom. The van der Waals surface area contributed by atoms with E-state index >= 15 is 0 Å². The van der Waals surface area contributed by atoms with Gasteiger partial charge in [-0.15, -0.1) is 0 Å². The molecule has 6 heteroatoms. The van der Waals surface area contributed by atoms with Crippen LogP contribution >= 0.6 is 0 Å². The lowest BCUT2D eigenvalue weighted by Crippen LogP contribution is -1.98. The minimum absolute atomic E-state index is 0.0833. The number of Topliss-reactive ketones (excluding diaryl/α,β-unsaturated/α-hetero) is 1. The molecule has 160 valence electrons. The van der Waals surface area contributed by atoms with E-state index in [1.807, 2.05) is 36.0 Å². The van der Waals surface area contributed by atoms with Crippen LogP contribution in [0.5, 0.6) is 17.2 Å². The molecule has 0 atom stereocenters. The van der Waals surface area contributed by atoms with Gasteiger partial charge in [0.2, 0.25) is 5.78 Å². The standard InChI is InChI=1S/C26H20FNO4/c1-28-14-17(21-12-18(30-2)8-10-23(21)28)11-25-26(29)20-9-7-19(13-24(20)32-25)31-15-16-5-3-4-6-22(16)27/h3-14H,15H2,1-2H3/b25-11-. The first-order valence-electron chi connectivity index (χ1n) is 10.1. The first-order valence-corrected chi connectivity index (χ1v) is 10.1. The molecular formula is C26H20FNO4. The van der Waals surface area contributed by atoms with Crippen molar-refractivity contribution in [3.8, 4) is 17.2 Å². The number of benzene rings is 3. The van der Waals surface area contributed by atoms with E-state index in [0.717, 1.165) is 22.2 Å². The maximum absolute atomic E-state index is 13.8. The van der Waals surface area contributed by atoms with Crippen LogP contribution in [0.25, 0.3) is 17.0 Å². The number of aromatic nitrogens is 1. The summed E-state index contributed by atoms with van der Waals surface area (Å²) < 4.78 is 32.7. The molecule has 1 aliphatic rings. The average Bonchev–Trinajstić information content (AvgIpc) is 3.28. The Labute approximate surface area is 184 Å². The highest BCUT2D eigenvalue weighted by Crippen LogP contribution is 2.36. The molecule has 0 N–H and O–H groups in total. The van der Waals surface area contributed by atoms with Gasteiger partial charge in [-0.1, -0.05) is 18.2 Å². The van der Waals surface area contributed by atoms with Crippen molar-refractivity contribution in [1.29, 1.82) is 0 Å². The SMILES string of the molecule is COc1ccc2c(c1)c(/C=C1\Oc3cc(OCc4ccccc4F)ccc3C1=O)cn2C. The van der Waals surface area contributed by atoms with Crippen molar-refractivity contribution >= 4 is 22.8 Å². The van der Waals surface area contributed by atoms with Gasteiger partial charge in [0.15, 0.2) is 5.76 Å². The number of ether oxygens (including phenoxy) is 3. The summed E-state index contributed by atoms with van der Waals surface area (Å²) in [6, 6.07) is 17.3. The molecule has 0 unspecified atom stereocenters. The van der Waals surface area contributed by atoms with Crippen molar-refractivity contribution < 1.29 is 23.4 Å². The second-order valence-corrected chi connectivity index (χ2v) is 7.56. The largest absolute Gasteiger partial charge is 0.497 e. The molecule has 0 amide bonds. The van der Waals surface area contributed by atoms with Crippen molar-refractivity contribution in [3.05, 3.63) is 95.1 Å². The highest BCUT2D eigenvalue weighted by Gasteiger charge is 2.28. The summed E-state index contributed by atoms with van der Waals surface area (Å²) in [6.45, 7) is 0.0833. The van der Waals surface area contributed by atoms with E-state index in [2.05, 4.69) is 0 Å². The van der Waals surface area contributed by atoms with Gasteiger partial charge in [-0.25, -0.2) is 4.39 Å². The molecule has 0 aliphatic carbocycles. The first kappa shape index (κ1) is 19.9. The molecule has 0 saturated carbocycles. The van der Waals surface area contributed by atoms with Crippen LogP contribution in [-0.4, -0.2) is 17.5 Å². The summed E-state index contributed by atoms with van der Waals surface area (Å²) in [4.78, 5) is 12.9. The van der Waals surface area contributed by atoms with Crippen LogP contribution in [-0.2, 0) is 13.7 Å². The number of nitrogens with zero attached hydrogens (tertiary/aromatic N) is 1. The fourth-order valence-corrected chi connectivity index (χ4v) is 3.82. The summed E-state index contributed by atoms with van der Waals surface area (Å²) >= 11 is 0. The zero-order valence-electron chi connectivity index (χ0n) is 17.6. The van der Waals surface area contributed by atoms with E-state index in [9.17, 15) is 9.18 Å². The summed E-state index contributed by atoms with van der Waals surface area (Å²) in [5, 5.41) is 0.959. The summed E-state index contributed by atoms with van der Waals surface area (Å²) in [5.41, 5.74) is 2.79. The van der Waals surface area contributed by atoms with Gasteiger partial charge >= 0.3 is 0 Å². The van der Waals surface area contributed by atoms with Crippen molar-refractivity contribution in [3.63, 3.8) is 0 Å². The summed E-state index contributed by atoms with van der Waals surface area (Å²) in [5.74, 6) is 1.38. The Balaban J connectivity index is 1.41. The molecule has 0 spiro atoms. The van der Waals surface area contributed by atoms with Gasteiger partial charge in [0.1, 0.15) is 29.7 Å².